The van der Waals surface area contributed by atoms with Crippen molar-refractivity contribution in [2.24, 2.45) is 11.7 Å². The second-order valence-electron chi connectivity index (χ2n) is 13.9. The molecule has 0 heterocycles. The van der Waals surface area contributed by atoms with Crippen molar-refractivity contribution in [3.63, 3.8) is 0 Å². The van der Waals surface area contributed by atoms with Gasteiger partial charge in [0.05, 0.1) is 0 Å². The quantitative estimate of drug-likeness (QED) is 0.184. The van der Waals surface area contributed by atoms with Crippen LogP contribution in [0.2, 0.25) is 0 Å². The van der Waals surface area contributed by atoms with Crippen molar-refractivity contribution in [2.45, 2.75) is 77.6 Å². The van der Waals surface area contributed by atoms with E-state index in [9.17, 15) is 0 Å². The van der Waals surface area contributed by atoms with Crippen molar-refractivity contribution in [1.29, 1.82) is 0 Å². The van der Waals surface area contributed by atoms with Crippen molar-refractivity contribution in [2.75, 3.05) is 0 Å². The Hall–Kier alpha value is -4.62. The fraction of sp³-hybridized carbons (Fsp3) is 0.277. The van der Waals surface area contributed by atoms with Crippen molar-refractivity contribution in [3.8, 4) is 0 Å². The average Bonchev–Trinajstić information content (AvgIpc) is 3.15. The van der Waals surface area contributed by atoms with Crippen LogP contribution in [0.5, 0.6) is 0 Å². The highest BCUT2D eigenvalue weighted by Crippen LogP contribution is 2.53. The van der Waals surface area contributed by atoms with E-state index in [1.54, 1.807) is 6.20 Å². The molecule has 48 heavy (non-hydrogen) atoms. The van der Waals surface area contributed by atoms with E-state index in [-0.39, 0.29) is 5.92 Å². The number of rotatable bonds is 9. The van der Waals surface area contributed by atoms with Gasteiger partial charge in [0.15, 0.2) is 0 Å². The predicted molar refractivity (Wildman–Crippen MR) is 207 cm³/mol. The maximum absolute atomic E-state index is 6.37. The lowest BCUT2D eigenvalue weighted by Gasteiger charge is -2.39. The van der Waals surface area contributed by atoms with Gasteiger partial charge in [0.1, 0.15) is 0 Å². The van der Waals surface area contributed by atoms with Crippen molar-refractivity contribution >= 4 is 21.9 Å². The smallest absolute Gasteiger partial charge is 0.0171 e. The van der Waals surface area contributed by atoms with E-state index >= 15 is 0 Å². The molecular formula is C47H49N. The fourth-order valence-corrected chi connectivity index (χ4v) is 8.65. The van der Waals surface area contributed by atoms with E-state index in [0.717, 1.165) is 31.3 Å². The Kier molecular flexibility index (Phi) is 9.48. The molecule has 0 bridgehead atoms. The van der Waals surface area contributed by atoms with Gasteiger partial charge in [-0.15, -0.1) is 0 Å². The summed E-state index contributed by atoms with van der Waals surface area (Å²) >= 11 is 0. The molecular weight excluding hydrogens is 579 g/mol. The van der Waals surface area contributed by atoms with Gasteiger partial charge in [0.25, 0.3) is 0 Å². The molecule has 1 nitrogen and oxygen atoms in total. The van der Waals surface area contributed by atoms with Gasteiger partial charge in [-0.3, -0.25) is 0 Å². The summed E-state index contributed by atoms with van der Waals surface area (Å²) in [4.78, 5) is 0. The summed E-state index contributed by atoms with van der Waals surface area (Å²) in [6, 6.07) is 32.5. The minimum absolute atomic E-state index is 0.277. The van der Waals surface area contributed by atoms with E-state index in [1.165, 1.54) is 85.7 Å². The number of hydrogen-bond acceptors (Lipinski definition) is 1. The third-order valence-corrected chi connectivity index (χ3v) is 11.1. The summed E-state index contributed by atoms with van der Waals surface area (Å²) in [5, 5.41) is 2.59. The van der Waals surface area contributed by atoms with E-state index in [1.807, 2.05) is 0 Å². The highest BCUT2D eigenvalue weighted by molar-refractivity contribution is 5.99. The maximum atomic E-state index is 6.37. The molecule has 0 aliphatic heterocycles. The van der Waals surface area contributed by atoms with Crippen LogP contribution >= 0.6 is 0 Å². The Morgan fingerprint density at radius 1 is 0.854 bits per heavy atom. The second kappa shape index (κ2) is 14.2. The molecule has 0 amide bonds. The van der Waals surface area contributed by atoms with Crippen LogP contribution in [-0.2, 0) is 0 Å². The van der Waals surface area contributed by atoms with Gasteiger partial charge >= 0.3 is 0 Å². The summed E-state index contributed by atoms with van der Waals surface area (Å²) in [6.45, 7) is 6.83. The lowest BCUT2D eigenvalue weighted by atomic mass is 9.64. The zero-order chi connectivity index (χ0) is 33.0. The lowest BCUT2D eigenvalue weighted by molar-refractivity contribution is 0.498. The molecule has 2 N–H and O–H groups in total. The Balaban J connectivity index is 1.34. The molecule has 0 saturated heterocycles. The summed E-state index contributed by atoms with van der Waals surface area (Å²) < 4.78 is 0. The monoisotopic (exact) mass is 627 g/mol. The molecule has 0 saturated carbocycles. The average molecular weight is 628 g/mol. The number of fused-ring (bicyclic) bond motifs is 3. The number of nitrogens with two attached hydrogens (primary N) is 1. The second-order valence-corrected chi connectivity index (χ2v) is 13.9. The standard InChI is InChI=1S/C47H49N/c1-4-15-33(5-2)35-24-26-36(27-25-35)46-41-20-11-13-22-43(41)47(44-23-14-12-21-42(44)46)45-29-28-38(39-18-9-10-19-40(39)45)37(31-48)30-32(3)34-16-7-6-8-17-34/h6-7,9-13,16,18-22,24-31,33,44,47H,4-5,8,14-15,17,23,48H2,1-3H3/b32-30+,37-31+. The normalized spacial score (nSPS) is 20.0. The van der Waals surface area contributed by atoms with Gasteiger partial charge in [-0.1, -0.05) is 136 Å². The molecule has 1 heteroatoms. The first-order valence-corrected chi connectivity index (χ1v) is 18.2. The first-order chi connectivity index (χ1) is 23.6. The van der Waals surface area contributed by atoms with Crippen LogP contribution in [0.1, 0.15) is 111 Å². The van der Waals surface area contributed by atoms with Crippen LogP contribution in [0.4, 0.5) is 0 Å². The van der Waals surface area contributed by atoms with Crippen molar-refractivity contribution in [1.82, 2.24) is 0 Å². The topological polar surface area (TPSA) is 26.0 Å². The molecule has 0 aromatic heterocycles. The third-order valence-electron chi connectivity index (χ3n) is 11.1. The van der Waals surface area contributed by atoms with E-state index in [2.05, 4.69) is 142 Å². The number of allylic oxidation sites excluding steroid dienone is 10. The van der Waals surface area contributed by atoms with Gasteiger partial charge in [-0.25, -0.2) is 0 Å². The summed E-state index contributed by atoms with van der Waals surface area (Å²) in [7, 11) is 0. The van der Waals surface area contributed by atoms with Gasteiger partial charge < -0.3 is 5.73 Å². The maximum Gasteiger partial charge on any atom is 0.0171 e. The molecule has 7 rings (SSSR count). The molecule has 0 fully saturated rings. The molecule has 3 aliphatic carbocycles. The minimum atomic E-state index is 0.277. The fourth-order valence-electron chi connectivity index (χ4n) is 8.65. The number of benzene rings is 4. The van der Waals surface area contributed by atoms with Crippen molar-refractivity contribution < 1.29 is 0 Å². The minimum Gasteiger partial charge on any atom is -0.404 e. The Labute approximate surface area is 288 Å². The lowest BCUT2D eigenvalue weighted by Crippen LogP contribution is -2.25. The Morgan fingerprint density at radius 2 is 1.65 bits per heavy atom. The largest absolute Gasteiger partial charge is 0.404 e. The zero-order valence-electron chi connectivity index (χ0n) is 28.9. The van der Waals surface area contributed by atoms with Gasteiger partial charge in [0, 0.05) is 12.1 Å². The van der Waals surface area contributed by atoms with Gasteiger partial charge in [-0.2, -0.15) is 0 Å². The van der Waals surface area contributed by atoms with Gasteiger partial charge in [-0.05, 0) is 135 Å². The summed E-state index contributed by atoms with van der Waals surface area (Å²) in [6.07, 6.45) is 23.7. The van der Waals surface area contributed by atoms with Crippen LogP contribution in [0.3, 0.4) is 0 Å². The van der Waals surface area contributed by atoms with E-state index in [4.69, 9.17) is 5.73 Å². The molecule has 0 spiro atoms. The molecule has 242 valence electrons. The Bertz CT molecular complexity index is 1990. The van der Waals surface area contributed by atoms with Gasteiger partial charge in [0.2, 0.25) is 0 Å². The third kappa shape index (κ3) is 5.96. The Morgan fingerprint density at radius 3 is 2.40 bits per heavy atom. The molecule has 3 aliphatic rings. The highest BCUT2D eigenvalue weighted by Gasteiger charge is 2.37. The van der Waals surface area contributed by atoms with Crippen LogP contribution in [-0.4, -0.2) is 0 Å². The predicted octanol–water partition coefficient (Wildman–Crippen LogP) is 12.6. The van der Waals surface area contributed by atoms with Crippen LogP contribution in [0.25, 0.3) is 21.9 Å². The zero-order valence-corrected chi connectivity index (χ0v) is 28.9. The van der Waals surface area contributed by atoms with Crippen LogP contribution < -0.4 is 5.73 Å². The molecule has 3 atom stereocenters. The van der Waals surface area contributed by atoms with Crippen LogP contribution in [0.15, 0.2) is 144 Å². The number of hydrogen-bond donors (Lipinski definition) is 1. The molecule has 4 aromatic carbocycles. The van der Waals surface area contributed by atoms with E-state index in [0.29, 0.717) is 11.8 Å². The van der Waals surface area contributed by atoms with Crippen molar-refractivity contribution in [3.05, 3.63) is 178 Å². The summed E-state index contributed by atoms with van der Waals surface area (Å²) in [5.41, 5.74) is 21.3. The first-order valence-electron chi connectivity index (χ1n) is 18.2. The first kappa shape index (κ1) is 32.0. The SMILES string of the molecule is CCCC(CC)c1ccc(C2=C3C=CCCC3C(c3ccc(C(/C=C(\C)C4=CC=CCC4)=C/N)c4ccccc34)c3ccccc32)cc1. The summed E-state index contributed by atoms with van der Waals surface area (Å²) in [5.74, 6) is 1.33. The molecule has 4 aromatic rings. The van der Waals surface area contributed by atoms with Crippen LogP contribution in [0, 0.1) is 5.92 Å². The molecule has 3 unspecified atom stereocenters. The van der Waals surface area contributed by atoms with E-state index < -0.39 is 0 Å². The molecule has 0 radical (unpaired) electrons. The highest BCUT2D eigenvalue weighted by atomic mass is 14.5.